The van der Waals surface area contributed by atoms with Crippen molar-refractivity contribution in [2.75, 3.05) is 11.3 Å². The lowest BCUT2D eigenvalue weighted by molar-refractivity contribution is 0.357. The van der Waals surface area contributed by atoms with Crippen molar-refractivity contribution in [1.29, 1.82) is 0 Å². The van der Waals surface area contributed by atoms with E-state index < -0.39 is 10.0 Å². The van der Waals surface area contributed by atoms with Crippen LogP contribution in [0, 0.1) is 6.92 Å². The van der Waals surface area contributed by atoms with E-state index in [9.17, 15) is 8.42 Å². The summed E-state index contributed by atoms with van der Waals surface area (Å²) in [7, 11) is -3.66. The summed E-state index contributed by atoms with van der Waals surface area (Å²) in [6.45, 7) is 2.25. The zero-order valence-electron chi connectivity index (χ0n) is 10.5. The molecule has 2 aromatic rings. The Balaban J connectivity index is 1.92. The number of fused-ring (bicyclic) bond motifs is 1. The van der Waals surface area contributed by atoms with Gasteiger partial charge in [-0.15, -0.1) is 0 Å². The molecule has 0 aliphatic carbocycles. The molecule has 0 fully saturated rings. The fraction of sp³-hybridized carbons (Fsp3) is 0.250. The van der Waals surface area contributed by atoms with Gasteiger partial charge in [-0.25, -0.2) is 13.4 Å². The van der Waals surface area contributed by atoms with Crippen molar-refractivity contribution in [1.82, 2.24) is 4.98 Å². The molecule has 0 radical (unpaired) electrons. The lowest BCUT2D eigenvalue weighted by Gasteiger charge is -2.08. The lowest BCUT2D eigenvalue weighted by Crippen LogP contribution is -2.12. The summed E-state index contributed by atoms with van der Waals surface area (Å²) in [5.41, 5.74) is 1.92. The van der Waals surface area contributed by atoms with Gasteiger partial charge in [0.25, 0.3) is 10.0 Å². The van der Waals surface area contributed by atoms with Gasteiger partial charge in [0.05, 0.1) is 12.3 Å². The van der Waals surface area contributed by atoms with Gasteiger partial charge >= 0.3 is 0 Å². The molecule has 2 heterocycles. The van der Waals surface area contributed by atoms with Crippen LogP contribution >= 0.6 is 22.9 Å². The first-order valence-electron chi connectivity index (χ1n) is 5.87. The van der Waals surface area contributed by atoms with Crippen LogP contribution in [0.4, 0.5) is 5.69 Å². The highest BCUT2D eigenvalue weighted by molar-refractivity contribution is 7.94. The normalized spacial score (nSPS) is 13.9. The van der Waals surface area contributed by atoms with E-state index in [1.54, 1.807) is 25.1 Å². The third-order valence-corrected chi connectivity index (χ3v) is 6.17. The summed E-state index contributed by atoms with van der Waals surface area (Å²) in [5, 5.41) is 0. The minimum absolute atomic E-state index is 0.138. The van der Waals surface area contributed by atoms with Gasteiger partial charge in [-0.05, 0) is 30.7 Å². The van der Waals surface area contributed by atoms with E-state index >= 15 is 0 Å². The Hall–Kier alpha value is -1.31. The molecular weight excluding hydrogens is 320 g/mol. The van der Waals surface area contributed by atoms with Crippen molar-refractivity contribution in [2.24, 2.45) is 0 Å². The van der Waals surface area contributed by atoms with E-state index in [0.29, 0.717) is 18.0 Å². The molecule has 106 valence electrons. The molecule has 1 N–H and O–H groups in total. The van der Waals surface area contributed by atoms with E-state index in [-0.39, 0.29) is 8.68 Å². The molecule has 5 nitrogen and oxygen atoms in total. The van der Waals surface area contributed by atoms with Crippen LogP contribution in [0.5, 0.6) is 5.75 Å². The highest BCUT2D eigenvalue weighted by Crippen LogP contribution is 2.31. The zero-order valence-corrected chi connectivity index (χ0v) is 12.9. The Morgan fingerprint density at radius 3 is 2.95 bits per heavy atom. The largest absolute Gasteiger partial charge is 0.493 e. The first-order chi connectivity index (χ1) is 9.45. The van der Waals surface area contributed by atoms with E-state index in [2.05, 4.69) is 9.71 Å². The van der Waals surface area contributed by atoms with Gasteiger partial charge in [-0.1, -0.05) is 22.9 Å². The smallest absolute Gasteiger partial charge is 0.273 e. The molecule has 0 amide bonds. The third kappa shape index (κ3) is 2.48. The van der Waals surface area contributed by atoms with Crippen LogP contribution < -0.4 is 9.46 Å². The maximum absolute atomic E-state index is 12.3. The first kappa shape index (κ1) is 13.7. The fourth-order valence-electron chi connectivity index (χ4n) is 2.05. The van der Waals surface area contributed by atoms with Crippen LogP contribution in [0.15, 0.2) is 22.4 Å². The van der Waals surface area contributed by atoms with Gasteiger partial charge in [0.1, 0.15) is 5.75 Å². The van der Waals surface area contributed by atoms with E-state index in [1.165, 1.54) is 0 Å². The van der Waals surface area contributed by atoms with Gasteiger partial charge in [0.15, 0.2) is 8.68 Å². The molecule has 1 aromatic carbocycles. The molecule has 0 unspecified atom stereocenters. The molecule has 1 aliphatic rings. The quantitative estimate of drug-likeness (QED) is 0.939. The molecule has 1 aliphatic heterocycles. The number of hydrogen-bond donors (Lipinski definition) is 1. The van der Waals surface area contributed by atoms with Crippen LogP contribution in [0.3, 0.4) is 0 Å². The van der Waals surface area contributed by atoms with Gasteiger partial charge in [-0.3, -0.25) is 4.72 Å². The number of benzene rings is 1. The standard InChI is InChI=1S/C12H11ClN2O3S2/c1-7-11(19-12(13)14-7)20(16,17)15-9-2-3-10-8(6-9)4-5-18-10/h2-3,6,15H,4-5H2,1H3. The molecule has 0 atom stereocenters. The van der Waals surface area contributed by atoms with E-state index in [1.807, 2.05) is 0 Å². The number of hydrogen-bond acceptors (Lipinski definition) is 5. The number of rotatable bonds is 3. The average Bonchev–Trinajstić information content (AvgIpc) is 2.94. The summed E-state index contributed by atoms with van der Waals surface area (Å²) in [6.07, 6.45) is 0.788. The minimum Gasteiger partial charge on any atom is -0.493 e. The molecule has 0 saturated heterocycles. The number of nitrogens with one attached hydrogen (secondary N) is 1. The van der Waals surface area contributed by atoms with Crippen LogP contribution in [0.1, 0.15) is 11.3 Å². The summed E-state index contributed by atoms with van der Waals surface area (Å²) in [5.74, 6) is 0.810. The van der Waals surface area contributed by atoms with Gasteiger partial charge in [-0.2, -0.15) is 0 Å². The third-order valence-electron chi connectivity index (χ3n) is 2.91. The molecular formula is C12H11ClN2O3S2. The monoisotopic (exact) mass is 330 g/mol. The van der Waals surface area contributed by atoms with Gasteiger partial charge in [0.2, 0.25) is 0 Å². The Morgan fingerprint density at radius 2 is 2.25 bits per heavy atom. The molecule has 20 heavy (non-hydrogen) atoms. The number of thiazole rings is 1. The van der Waals surface area contributed by atoms with Crippen molar-refractivity contribution in [3.8, 4) is 5.75 Å². The molecule has 0 saturated carbocycles. The number of ether oxygens (including phenoxy) is 1. The van der Waals surface area contributed by atoms with Crippen LogP contribution in [-0.2, 0) is 16.4 Å². The zero-order chi connectivity index (χ0) is 14.3. The van der Waals surface area contributed by atoms with E-state index in [0.717, 1.165) is 29.1 Å². The fourth-order valence-corrected chi connectivity index (χ4v) is 4.84. The number of aromatic nitrogens is 1. The maximum Gasteiger partial charge on any atom is 0.273 e. The number of aryl methyl sites for hydroxylation is 1. The highest BCUT2D eigenvalue weighted by Gasteiger charge is 2.22. The number of sulfonamides is 1. The Morgan fingerprint density at radius 1 is 1.45 bits per heavy atom. The highest BCUT2D eigenvalue weighted by atomic mass is 35.5. The van der Waals surface area contributed by atoms with Gasteiger partial charge in [0, 0.05) is 12.1 Å². The van der Waals surface area contributed by atoms with Crippen LogP contribution in [0.2, 0.25) is 4.47 Å². The molecule has 0 spiro atoms. The Labute approximate surface area is 125 Å². The van der Waals surface area contributed by atoms with Crippen molar-refractivity contribution < 1.29 is 13.2 Å². The number of nitrogens with zero attached hydrogens (tertiary/aromatic N) is 1. The maximum atomic E-state index is 12.3. The van der Waals surface area contributed by atoms with Crippen LogP contribution in [0.25, 0.3) is 0 Å². The second kappa shape index (κ2) is 4.91. The van der Waals surface area contributed by atoms with Crippen molar-refractivity contribution in [2.45, 2.75) is 17.6 Å². The van der Waals surface area contributed by atoms with E-state index in [4.69, 9.17) is 16.3 Å². The SMILES string of the molecule is Cc1nc(Cl)sc1S(=O)(=O)Nc1ccc2c(c1)CCO2. The first-order valence-corrected chi connectivity index (χ1v) is 8.55. The second-order valence-corrected chi connectivity index (χ2v) is 7.83. The summed E-state index contributed by atoms with van der Waals surface area (Å²) < 4.78 is 32.9. The van der Waals surface area contributed by atoms with Crippen molar-refractivity contribution >= 4 is 38.6 Å². The number of halogens is 1. The predicted molar refractivity (Wildman–Crippen MR) is 78.3 cm³/mol. The summed E-state index contributed by atoms with van der Waals surface area (Å²) in [6, 6.07) is 5.24. The summed E-state index contributed by atoms with van der Waals surface area (Å²) >= 11 is 6.70. The average molecular weight is 331 g/mol. The molecule has 8 heteroatoms. The summed E-state index contributed by atoms with van der Waals surface area (Å²) in [4.78, 5) is 3.92. The molecule has 3 rings (SSSR count). The molecule has 0 bridgehead atoms. The Bertz CT molecular complexity index is 771. The van der Waals surface area contributed by atoms with Crippen molar-refractivity contribution in [3.05, 3.63) is 33.9 Å². The minimum atomic E-state index is -3.66. The second-order valence-electron chi connectivity index (χ2n) is 4.37. The Kier molecular flexibility index (Phi) is 3.35. The topological polar surface area (TPSA) is 68.3 Å². The molecule has 1 aromatic heterocycles. The van der Waals surface area contributed by atoms with Crippen molar-refractivity contribution in [3.63, 3.8) is 0 Å². The number of anilines is 1. The lowest BCUT2D eigenvalue weighted by atomic mass is 10.1. The van der Waals surface area contributed by atoms with Gasteiger partial charge < -0.3 is 4.74 Å². The predicted octanol–water partition coefficient (Wildman–Crippen LogP) is 2.84. The van der Waals surface area contributed by atoms with Crippen LogP contribution in [-0.4, -0.2) is 20.0 Å².